The molecule has 1 aromatic carbocycles. The van der Waals surface area contributed by atoms with Gasteiger partial charge in [-0.2, -0.15) is 0 Å². The molecule has 0 aliphatic rings. The number of aliphatic hydroxyl groups is 1. The van der Waals surface area contributed by atoms with Crippen LogP contribution >= 0.6 is 12.4 Å². The minimum Gasteiger partial charge on any atom is -0.399 e. The first-order chi connectivity index (χ1) is 6.80. The third-order valence-corrected chi connectivity index (χ3v) is 3.20. The van der Waals surface area contributed by atoms with Crippen LogP contribution in [0.2, 0.25) is 0 Å². The number of hydrogen-bond acceptors (Lipinski definition) is 4. The van der Waals surface area contributed by atoms with Gasteiger partial charge in [-0.25, -0.2) is 8.42 Å². The lowest BCUT2D eigenvalue weighted by molar-refractivity contribution is 0.194. The predicted molar refractivity (Wildman–Crippen MR) is 66.6 cm³/mol. The maximum absolute atomic E-state index is 11.4. The van der Waals surface area contributed by atoms with Crippen LogP contribution in [-0.2, 0) is 16.3 Å². The van der Waals surface area contributed by atoms with Gasteiger partial charge in [-0.1, -0.05) is 0 Å². The van der Waals surface area contributed by atoms with Gasteiger partial charge in [-0.05, 0) is 37.1 Å². The average molecular weight is 266 g/mol. The van der Waals surface area contributed by atoms with Crippen molar-refractivity contribution in [2.45, 2.75) is 24.3 Å². The minimum absolute atomic E-state index is 0. The Bertz CT molecular complexity index is 457. The molecule has 0 saturated heterocycles. The second-order valence-electron chi connectivity index (χ2n) is 3.69. The van der Waals surface area contributed by atoms with Crippen molar-refractivity contribution in [3.8, 4) is 0 Å². The zero-order valence-electron chi connectivity index (χ0n) is 9.17. The Balaban J connectivity index is 0.00000225. The molecule has 6 heteroatoms. The van der Waals surface area contributed by atoms with E-state index in [1.54, 1.807) is 19.1 Å². The zero-order chi connectivity index (χ0) is 11.6. The summed E-state index contributed by atoms with van der Waals surface area (Å²) < 4.78 is 22.8. The fourth-order valence-corrected chi connectivity index (χ4v) is 2.37. The molecule has 1 unspecified atom stereocenters. The lowest BCUT2D eigenvalue weighted by Crippen LogP contribution is -2.10. The van der Waals surface area contributed by atoms with E-state index in [0.29, 0.717) is 11.3 Å². The summed E-state index contributed by atoms with van der Waals surface area (Å²) in [6, 6.07) is 4.60. The summed E-state index contributed by atoms with van der Waals surface area (Å²) in [6.07, 6.45) is 0.838. The number of nitrogen functional groups attached to an aromatic ring is 1. The van der Waals surface area contributed by atoms with Crippen LogP contribution in [0.4, 0.5) is 5.69 Å². The first-order valence-electron chi connectivity index (χ1n) is 4.57. The molecule has 4 nitrogen and oxygen atoms in total. The van der Waals surface area contributed by atoms with Crippen molar-refractivity contribution in [2.75, 3.05) is 12.0 Å². The van der Waals surface area contributed by atoms with Crippen LogP contribution in [0.1, 0.15) is 12.5 Å². The third kappa shape index (κ3) is 4.00. The van der Waals surface area contributed by atoms with Gasteiger partial charge in [0.2, 0.25) is 0 Å². The van der Waals surface area contributed by atoms with E-state index in [4.69, 9.17) is 5.73 Å². The lowest BCUT2D eigenvalue weighted by atomic mass is 10.1. The smallest absolute Gasteiger partial charge is 0.175 e. The minimum atomic E-state index is -3.26. The van der Waals surface area contributed by atoms with Gasteiger partial charge in [0.05, 0.1) is 11.0 Å². The summed E-state index contributed by atoms with van der Waals surface area (Å²) in [5.74, 6) is 0. The molecule has 92 valence electrons. The SMILES string of the molecule is CC(O)Cc1cc(N)ccc1S(C)(=O)=O.Cl. The van der Waals surface area contributed by atoms with Crippen molar-refractivity contribution in [1.29, 1.82) is 0 Å². The predicted octanol–water partition coefficient (Wildman–Crippen LogP) is 1.02. The van der Waals surface area contributed by atoms with Crippen molar-refractivity contribution in [1.82, 2.24) is 0 Å². The quantitative estimate of drug-likeness (QED) is 0.800. The van der Waals surface area contributed by atoms with Crippen molar-refractivity contribution in [2.24, 2.45) is 0 Å². The van der Waals surface area contributed by atoms with Gasteiger partial charge in [-0.3, -0.25) is 0 Å². The Morgan fingerprint density at radius 3 is 2.44 bits per heavy atom. The number of benzene rings is 1. The molecular weight excluding hydrogens is 250 g/mol. The van der Waals surface area contributed by atoms with Crippen LogP contribution in [0.5, 0.6) is 0 Å². The molecule has 0 aliphatic carbocycles. The van der Waals surface area contributed by atoms with Crippen molar-refractivity contribution in [3.63, 3.8) is 0 Å². The van der Waals surface area contributed by atoms with E-state index in [9.17, 15) is 13.5 Å². The maximum Gasteiger partial charge on any atom is 0.175 e. The highest BCUT2D eigenvalue weighted by molar-refractivity contribution is 7.90. The number of rotatable bonds is 3. The Morgan fingerprint density at radius 1 is 1.44 bits per heavy atom. The van der Waals surface area contributed by atoms with Gasteiger partial charge in [0, 0.05) is 11.9 Å². The molecule has 0 fully saturated rings. The second-order valence-corrected chi connectivity index (χ2v) is 5.68. The molecule has 0 bridgehead atoms. The molecular formula is C10H16ClNO3S. The van der Waals surface area contributed by atoms with E-state index >= 15 is 0 Å². The van der Waals surface area contributed by atoms with Gasteiger partial charge in [0.15, 0.2) is 9.84 Å². The number of hydrogen-bond donors (Lipinski definition) is 2. The van der Waals surface area contributed by atoms with Crippen molar-refractivity contribution >= 4 is 27.9 Å². The van der Waals surface area contributed by atoms with Gasteiger partial charge in [-0.15, -0.1) is 12.4 Å². The maximum atomic E-state index is 11.4. The Kier molecular flexibility index (Phi) is 5.25. The van der Waals surface area contributed by atoms with E-state index in [1.807, 2.05) is 0 Å². The Labute approximate surface area is 102 Å². The molecule has 16 heavy (non-hydrogen) atoms. The fourth-order valence-electron chi connectivity index (χ4n) is 1.44. The highest BCUT2D eigenvalue weighted by Gasteiger charge is 2.14. The largest absolute Gasteiger partial charge is 0.399 e. The standard InChI is InChI=1S/C10H15NO3S.ClH/c1-7(12)5-8-6-9(11)3-4-10(8)15(2,13)14;/h3-4,6-7,12H,5,11H2,1-2H3;1H. The summed E-state index contributed by atoms with van der Waals surface area (Å²) in [5, 5.41) is 9.25. The van der Waals surface area contributed by atoms with E-state index in [2.05, 4.69) is 0 Å². The second kappa shape index (κ2) is 5.52. The Hall–Kier alpha value is -0.780. The van der Waals surface area contributed by atoms with Crippen molar-refractivity contribution in [3.05, 3.63) is 23.8 Å². The molecule has 0 spiro atoms. The van der Waals surface area contributed by atoms with Crippen LogP contribution in [-0.4, -0.2) is 25.9 Å². The molecule has 0 heterocycles. The van der Waals surface area contributed by atoms with Crippen LogP contribution in [0.3, 0.4) is 0 Å². The summed E-state index contributed by atoms with van der Waals surface area (Å²) in [7, 11) is -3.26. The van der Waals surface area contributed by atoms with E-state index in [1.165, 1.54) is 6.07 Å². The zero-order valence-corrected chi connectivity index (χ0v) is 10.8. The molecule has 0 aromatic heterocycles. The Morgan fingerprint density at radius 2 is 2.00 bits per heavy atom. The summed E-state index contributed by atoms with van der Waals surface area (Å²) in [4.78, 5) is 0.234. The first-order valence-corrected chi connectivity index (χ1v) is 6.46. The topological polar surface area (TPSA) is 80.4 Å². The van der Waals surface area contributed by atoms with E-state index < -0.39 is 15.9 Å². The molecule has 0 aliphatic heterocycles. The van der Waals surface area contributed by atoms with Crippen LogP contribution in [0, 0.1) is 0 Å². The van der Waals surface area contributed by atoms with Crippen LogP contribution in [0.15, 0.2) is 23.1 Å². The summed E-state index contributed by atoms with van der Waals surface area (Å²) in [5.41, 5.74) is 6.63. The van der Waals surface area contributed by atoms with Gasteiger partial charge >= 0.3 is 0 Å². The molecule has 1 aromatic rings. The van der Waals surface area contributed by atoms with Gasteiger partial charge in [0.25, 0.3) is 0 Å². The normalized spacial score (nSPS) is 12.9. The molecule has 3 N–H and O–H groups in total. The molecule has 1 rings (SSSR count). The molecule has 1 atom stereocenters. The lowest BCUT2D eigenvalue weighted by Gasteiger charge is -2.10. The van der Waals surface area contributed by atoms with Gasteiger partial charge in [0.1, 0.15) is 0 Å². The highest BCUT2D eigenvalue weighted by Crippen LogP contribution is 2.20. The summed E-state index contributed by atoms with van der Waals surface area (Å²) in [6.45, 7) is 1.61. The van der Waals surface area contributed by atoms with Crippen molar-refractivity contribution < 1.29 is 13.5 Å². The number of nitrogens with two attached hydrogens (primary N) is 1. The van der Waals surface area contributed by atoms with E-state index in [0.717, 1.165) is 6.26 Å². The van der Waals surface area contributed by atoms with Crippen LogP contribution in [0.25, 0.3) is 0 Å². The number of sulfone groups is 1. The summed E-state index contributed by atoms with van der Waals surface area (Å²) >= 11 is 0. The molecule has 0 saturated carbocycles. The molecule has 0 radical (unpaired) electrons. The monoisotopic (exact) mass is 265 g/mol. The number of halogens is 1. The highest BCUT2D eigenvalue weighted by atomic mass is 35.5. The van der Waals surface area contributed by atoms with Crippen LogP contribution < -0.4 is 5.73 Å². The first kappa shape index (κ1) is 15.2. The van der Waals surface area contributed by atoms with Gasteiger partial charge < -0.3 is 10.8 Å². The number of aliphatic hydroxyl groups excluding tert-OH is 1. The van der Waals surface area contributed by atoms with E-state index in [-0.39, 0.29) is 23.7 Å². The fraction of sp³-hybridized carbons (Fsp3) is 0.400. The number of anilines is 1. The molecule has 0 amide bonds. The average Bonchev–Trinajstić information content (AvgIpc) is 1.99. The third-order valence-electron chi connectivity index (χ3n) is 2.00.